The molecule has 112 valence electrons. The maximum absolute atomic E-state index is 3.48. The first-order valence-corrected chi connectivity index (χ1v) is 8.26. The van der Waals surface area contributed by atoms with E-state index in [1.807, 2.05) is 0 Å². The quantitative estimate of drug-likeness (QED) is 0.900. The van der Waals surface area contributed by atoms with Crippen molar-refractivity contribution >= 4 is 10.8 Å². The Labute approximate surface area is 128 Å². The van der Waals surface area contributed by atoms with Crippen LogP contribution in [0.3, 0.4) is 0 Å². The van der Waals surface area contributed by atoms with Crippen LogP contribution >= 0.6 is 0 Å². The molecule has 0 amide bonds. The van der Waals surface area contributed by atoms with Gasteiger partial charge in [-0.3, -0.25) is 4.90 Å². The molecule has 2 nitrogen and oxygen atoms in total. The number of hydrogen-bond acceptors (Lipinski definition) is 2. The summed E-state index contributed by atoms with van der Waals surface area (Å²) in [6.07, 6.45) is 2.67. The third-order valence-corrected chi connectivity index (χ3v) is 4.61. The maximum atomic E-state index is 3.48. The molecule has 2 aromatic rings. The van der Waals surface area contributed by atoms with Gasteiger partial charge >= 0.3 is 0 Å². The summed E-state index contributed by atoms with van der Waals surface area (Å²) < 4.78 is 0. The molecular formula is C19H26N2. The van der Waals surface area contributed by atoms with E-state index in [-0.39, 0.29) is 0 Å². The number of nitrogens with zero attached hydrogens (tertiary/aromatic N) is 1. The van der Waals surface area contributed by atoms with E-state index in [1.54, 1.807) is 0 Å². The highest BCUT2D eigenvalue weighted by atomic mass is 15.1. The Hall–Kier alpha value is -1.38. The lowest BCUT2D eigenvalue weighted by Gasteiger charge is -2.32. The minimum atomic E-state index is 0.873. The molecular weight excluding hydrogens is 256 g/mol. The summed E-state index contributed by atoms with van der Waals surface area (Å²) >= 11 is 0. The minimum Gasteiger partial charge on any atom is -0.317 e. The van der Waals surface area contributed by atoms with E-state index in [0.717, 1.165) is 19.0 Å². The van der Waals surface area contributed by atoms with Gasteiger partial charge in [0, 0.05) is 6.54 Å². The minimum absolute atomic E-state index is 0.873. The van der Waals surface area contributed by atoms with Crippen molar-refractivity contribution in [3.63, 3.8) is 0 Å². The molecule has 0 radical (unpaired) electrons. The Morgan fingerprint density at radius 3 is 2.57 bits per heavy atom. The highest BCUT2D eigenvalue weighted by Crippen LogP contribution is 2.21. The molecule has 21 heavy (non-hydrogen) atoms. The average Bonchev–Trinajstić information content (AvgIpc) is 2.54. The second-order valence-electron chi connectivity index (χ2n) is 6.21. The molecule has 0 atom stereocenters. The van der Waals surface area contributed by atoms with Gasteiger partial charge in [-0.2, -0.15) is 0 Å². The zero-order valence-electron chi connectivity index (χ0n) is 13.0. The number of fused-ring (bicyclic) bond motifs is 1. The molecule has 1 saturated heterocycles. The lowest BCUT2D eigenvalue weighted by Crippen LogP contribution is -2.36. The van der Waals surface area contributed by atoms with Gasteiger partial charge in [0.2, 0.25) is 0 Å². The first-order chi connectivity index (χ1) is 10.3. The third kappa shape index (κ3) is 3.84. The standard InChI is InChI=1S/C19H26N2/c1-2-20-14-16-9-11-21(12-10-16)15-17-7-8-18-5-3-4-6-19(18)13-17/h3-8,13,16,20H,2,9-12,14-15H2,1H3. The van der Waals surface area contributed by atoms with Crippen molar-refractivity contribution in [1.82, 2.24) is 10.2 Å². The molecule has 1 N–H and O–H groups in total. The predicted octanol–water partition coefficient (Wildman–Crippen LogP) is 3.66. The molecule has 1 aliphatic rings. The zero-order chi connectivity index (χ0) is 14.5. The molecule has 0 aliphatic carbocycles. The Morgan fingerprint density at radius 1 is 1.05 bits per heavy atom. The van der Waals surface area contributed by atoms with Crippen LogP contribution in [0, 0.1) is 5.92 Å². The molecule has 3 rings (SSSR count). The Morgan fingerprint density at radius 2 is 1.81 bits per heavy atom. The average molecular weight is 282 g/mol. The first-order valence-electron chi connectivity index (χ1n) is 8.26. The van der Waals surface area contributed by atoms with E-state index in [1.165, 1.54) is 48.8 Å². The molecule has 2 aromatic carbocycles. The van der Waals surface area contributed by atoms with E-state index in [2.05, 4.69) is 59.6 Å². The molecule has 0 saturated carbocycles. The number of benzene rings is 2. The first kappa shape index (κ1) is 14.6. The van der Waals surface area contributed by atoms with Gasteiger partial charge in [-0.25, -0.2) is 0 Å². The van der Waals surface area contributed by atoms with E-state index in [0.29, 0.717) is 0 Å². The summed E-state index contributed by atoms with van der Waals surface area (Å²) in [5.74, 6) is 0.873. The van der Waals surface area contributed by atoms with Gasteiger partial charge in [0.1, 0.15) is 0 Å². The molecule has 1 fully saturated rings. The zero-order valence-corrected chi connectivity index (χ0v) is 13.0. The molecule has 0 aromatic heterocycles. The summed E-state index contributed by atoms with van der Waals surface area (Å²) in [5.41, 5.74) is 1.44. The normalized spacial score (nSPS) is 17.4. The molecule has 0 bridgehead atoms. The van der Waals surface area contributed by atoms with E-state index >= 15 is 0 Å². The highest BCUT2D eigenvalue weighted by molar-refractivity contribution is 5.82. The molecule has 1 heterocycles. The number of rotatable bonds is 5. The van der Waals surface area contributed by atoms with Crippen LogP contribution in [0.25, 0.3) is 10.8 Å². The van der Waals surface area contributed by atoms with Gasteiger partial charge < -0.3 is 5.32 Å². The van der Waals surface area contributed by atoms with Crippen molar-refractivity contribution in [3.05, 3.63) is 48.0 Å². The molecule has 1 aliphatic heterocycles. The van der Waals surface area contributed by atoms with Crippen molar-refractivity contribution in [3.8, 4) is 0 Å². The van der Waals surface area contributed by atoms with Crippen molar-refractivity contribution in [2.45, 2.75) is 26.3 Å². The fourth-order valence-electron chi connectivity index (χ4n) is 3.29. The Balaban J connectivity index is 1.56. The van der Waals surface area contributed by atoms with Crippen molar-refractivity contribution in [2.24, 2.45) is 5.92 Å². The van der Waals surface area contributed by atoms with E-state index in [9.17, 15) is 0 Å². The highest BCUT2D eigenvalue weighted by Gasteiger charge is 2.18. The van der Waals surface area contributed by atoms with Gasteiger partial charge in [0.15, 0.2) is 0 Å². The van der Waals surface area contributed by atoms with Gasteiger partial charge in [-0.1, -0.05) is 43.3 Å². The van der Waals surface area contributed by atoms with Gasteiger partial charge in [0.05, 0.1) is 0 Å². The lowest BCUT2D eigenvalue weighted by atomic mass is 9.96. The van der Waals surface area contributed by atoms with Crippen molar-refractivity contribution in [2.75, 3.05) is 26.2 Å². The summed E-state index contributed by atoms with van der Waals surface area (Å²) in [6, 6.07) is 15.5. The second-order valence-corrected chi connectivity index (χ2v) is 6.21. The lowest BCUT2D eigenvalue weighted by molar-refractivity contribution is 0.176. The van der Waals surface area contributed by atoms with Crippen LogP contribution in [0.1, 0.15) is 25.3 Å². The topological polar surface area (TPSA) is 15.3 Å². The number of piperidine rings is 1. The van der Waals surface area contributed by atoms with Crippen LogP contribution in [-0.2, 0) is 6.54 Å². The maximum Gasteiger partial charge on any atom is 0.0233 e. The van der Waals surface area contributed by atoms with Gasteiger partial charge in [0.25, 0.3) is 0 Å². The van der Waals surface area contributed by atoms with Crippen LogP contribution < -0.4 is 5.32 Å². The second kappa shape index (κ2) is 7.06. The smallest absolute Gasteiger partial charge is 0.0233 e. The Kier molecular flexibility index (Phi) is 4.89. The summed E-state index contributed by atoms with van der Waals surface area (Å²) in [5, 5.41) is 6.18. The summed E-state index contributed by atoms with van der Waals surface area (Å²) in [6.45, 7) is 8.05. The summed E-state index contributed by atoms with van der Waals surface area (Å²) in [7, 11) is 0. The monoisotopic (exact) mass is 282 g/mol. The number of nitrogens with one attached hydrogen (secondary N) is 1. The van der Waals surface area contributed by atoms with Crippen molar-refractivity contribution < 1.29 is 0 Å². The van der Waals surface area contributed by atoms with E-state index in [4.69, 9.17) is 0 Å². The molecule has 2 heteroatoms. The fourth-order valence-corrected chi connectivity index (χ4v) is 3.29. The number of likely N-dealkylation sites (tertiary alicyclic amines) is 1. The third-order valence-electron chi connectivity index (χ3n) is 4.61. The molecule has 0 spiro atoms. The number of hydrogen-bond donors (Lipinski definition) is 1. The van der Waals surface area contributed by atoms with Crippen molar-refractivity contribution in [1.29, 1.82) is 0 Å². The largest absolute Gasteiger partial charge is 0.317 e. The Bertz CT molecular complexity index is 571. The van der Waals surface area contributed by atoms with Crippen LogP contribution in [0.15, 0.2) is 42.5 Å². The van der Waals surface area contributed by atoms with Crippen LogP contribution in [0.2, 0.25) is 0 Å². The SMILES string of the molecule is CCNCC1CCN(Cc2ccc3ccccc3c2)CC1. The van der Waals surface area contributed by atoms with Crippen LogP contribution in [-0.4, -0.2) is 31.1 Å². The summed E-state index contributed by atoms with van der Waals surface area (Å²) in [4.78, 5) is 2.60. The fraction of sp³-hybridized carbons (Fsp3) is 0.474. The van der Waals surface area contributed by atoms with Crippen LogP contribution in [0.5, 0.6) is 0 Å². The van der Waals surface area contributed by atoms with Crippen LogP contribution in [0.4, 0.5) is 0 Å². The van der Waals surface area contributed by atoms with Gasteiger partial charge in [-0.05, 0) is 67.3 Å². The predicted molar refractivity (Wildman–Crippen MR) is 90.5 cm³/mol. The molecule has 0 unspecified atom stereocenters. The van der Waals surface area contributed by atoms with Gasteiger partial charge in [-0.15, -0.1) is 0 Å². The van der Waals surface area contributed by atoms with E-state index < -0.39 is 0 Å².